The molecule has 0 unspecified atom stereocenters. The smallest absolute Gasteiger partial charge is 0.334 e. The summed E-state index contributed by atoms with van der Waals surface area (Å²) >= 11 is 0. The first kappa shape index (κ1) is 16.6. The molecule has 1 aromatic carbocycles. The lowest BCUT2D eigenvalue weighted by Gasteiger charge is -2.12. The van der Waals surface area contributed by atoms with Gasteiger partial charge in [0.15, 0.2) is 5.84 Å². The van der Waals surface area contributed by atoms with Gasteiger partial charge in [0.2, 0.25) is 0 Å². The lowest BCUT2D eigenvalue weighted by molar-refractivity contribution is -0.138. The van der Waals surface area contributed by atoms with Crippen molar-refractivity contribution in [3.05, 3.63) is 53.3 Å². The van der Waals surface area contributed by atoms with Crippen LogP contribution in [0.1, 0.15) is 24.5 Å². The van der Waals surface area contributed by atoms with Crippen LogP contribution in [-0.4, -0.2) is 25.0 Å². The third-order valence-corrected chi connectivity index (χ3v) is 3.84. The van der Waals surface area contributed by atoms with Crippen LogP contribution in [-0.2, 0) is 9.53 Å². The number of rotatable bonds is 3. The molecule has 2 heterocycles. The average Bonchev–Trinajstić information content (AvgIpc) is 2.81. The summed E-state index contributed by atoms with van der Waals surface area (Å²) < 4.78 is 5.11. The molecule has 2 aliphatic heterocycles. The van der Waals surface area contributed by atoms with Crippen LogP contribution in [0.2, 0.25) is 0 Å². The summed E-state index contributed by atoms with van der Waals surface area (Å²) in [6, 6.07) is 5.92. The Bertz CT molecular complexity index is 834. The van der Waals surface area contributed by atoms with E-state index in [2.05, 4.69) is 26.7 Å². The largest absolute Gasteiger partial charge is 0.463 e. The number of dihydropyridines is 1. The first-order valence-corrected chi connectivity index (χ1v) is 8.01. The van der Waals surface area contributed by atoms with Gasteiger partial charge in [0, 0.05) is 24.1 Å². The number of fused-ring (bicyclic) bond motifs is 1. The molecule has 7 heteroatoms. The van der Waals surface area contributed by atoms with Gasteiger partial charge in [0.05, 0.1) is 12.3 Å². The second-order valence-electron chi connectivity index (χ2n) is 5.52. The number of esters is 1. The number of nitrogens with zero attached hydrogens (tertiary/aromatic N) is 3. The molecule has 0 saturated heterocycles. The van der Waals surface area contributed by atoms with Crippen LogP contribution in [0.15, 0.2) is 57.5 Å². The Hall–Kier alpha value is -3.22. The molecule has 0 saturated carbocycles. The fourth-order valence-corrected chi connectivity index (χ4v) is 2.69. The summed E-state index contributed by atoms with van der Waals surface area (Å²) in [5.74, 6) is 5.16. The predicted octanol–water partition coefficient (Wildman–Crippen LogP) is 2.89. The van der Waals surface area contributed by atoms with Gasteiger partial charge in [-0.15, -0.1) is 5.11 Å². The highest BCUT2D eigenvalue weighted by Gasteiger charge is 2.19. The van der Waals surface area contributed by atoms with Crippen LogP contribution in [0.4, 0.5) is 5.69 Å². The first-order valence-electron chi connectivity index (χ1n) is 8.01. The molecule has 0 fully saturated rings. The molecule has 128 valence electrons. The van der Waals surface area contributed by atoms with E-state index in [0.29, 0.717) is 18.0 Å². The van der Waals surface area contributed by atoms with Crippen molar-refractivity contribution in [1.29, 1.82) is 0 Å². The van der Waals surface area contributed by atoms with E-state index in [0.717, 1.165) is 28.9 Å². The van der Waals surface area contributed by atoms with Crippen LogP contribution in [0.25, 0.3) is 11.6 Å². The molecule has 0 bridgehead atoms. The monoisotopic (exact) mass is 337 g/mol. The number of nitrogens with two attached hydrogens (primary N) is 1. The lowest BCUT2D eigenvalue weighted by Crippen LogP contribution is -2.11. The lowest BCUT2D eigenvalue weighted by atomic mass is 10.00. The number of hydrogen-bond donors (Lipinski definition) is 2. The molecule has 25 heavy (non-hydrogen) atoms. The van der Waals surface area contributed by atoms with Gasteiger partial charge < -0.3 is 15.9 Å². The van der Waals surface area contributed by atoms with E-state index in [1.807, 2.05) is 30.5 Å². The minimum Gasteiger partial charge on any atom is -0.463 e. The van der Waals surface area contributed by atoms with E-state index in [4.69, 9.17) is 10.6 Å². The van der Waals surface area contributed by atoms with Crippen LogP contribution < -0.4 is 11.2 Å². The normalized spacial score (nSPS) is 16.3. The maximum absolute atomic E-state index is 12.2. The number of hydrogen-bond acceptors (Lipinski definition) is 6. The van der Waals surface area contributed by atoms with Gasteiger partial charge in [0.1, 0.15) is 0 Å². The Morgan fingerprint density at radius 2 is 2.32 bits per heavy atom. The number of benzene rings is 1. The number of carbonyl (C=O) groups is 1. The maximum atomic E-state index is 12.2. The summed E-state index contributed by atoms with van der Waals surface area (Å²) in [7, 11) is 0. The highest BCUT2D eigenvalue weighted by Crippen LogP contribution is 2.31. The number of amidine groups is 1. The van der Waals surface area contributed by atoms with Gasteiger partial charge in [0.25, 0.3) is 0 Å². The molecular formula is C18H19N5O2. The quantitative estimate of drug-likeness (QED) is 0.383. The van der Waals surface area contributed by atoms with Crippen molar-refractivity contribution < 1.29 is 9.53 Å². The third kappa shape index (κ3) is 3.82. The van der Waals surface area contributed by atoms with Crippen LogP contribution >= 0.6 is 0 Å². The van der Waals surface area contributed by atoms with Crippen LogP contribution in [0, 0.1) is 0 Å². The van der Waals surface area contributed by atoms with Crippen LogP contribution in [0.5, 0.6) is 0 Å². The van der Waals surface area contributed by atoms with E-state index in [-0.39, 0.29) is 12.4 Å². The molecule has 3 rings (SSSR count). The molecular weight excluding hydrogens is 318 g/mol. The topological polar surface area (TPSA) is 101 Å². The average molecular weight is 337 g/mol. The zero-order chi connectivity index (χ0) is 17.6. The molecule has 3 N–H and O–H groups in total. The zero-order valence-electron chi connectivity index (χ0n) is 13.9. The van der Waals surface area contributed by atoms with Gasteiger partial charge in [-0.05, 0) is 42.5 Å². The van der Waals surface area contributed by atoms with Gasteiger partial charge in [-0.3, -0.25) is 0 Å². The molecule has 0 aromatic heterocycles. The zero-order valence-corrected chi connectivity index (χ0v) is 13.9. The number of allylic oxidation sites excluding steroid dienone is 2. The molecule has 0 radical (unpaired) electrons. The first-order chi connectivity index (χ1) is 12.2. The van der Waals surface area contributed by atoms with E-state index < -0.39 is 0 Å². The molecule has 0 atom stereocenters. The van der Waals surface area contributed by atoms with Crippen molar-refractivity contribution in [1.82, 2.24) is 5.32 Å². The summed E-state index contributed by atoms with van der Waals surface area (Å²) in [4.78, 5) is 16.7. The predicted molar refractivity (Wildman–Crippen MR) is 96.9 cm³/mol. The fourth-order valence-electron chi connectivity index (χ4n) is 2.69. The van der Waals surface area contributed by atoms with Gasteiger partial charge in [-0.25, -0.2) is 9.79 Å². The Labute approximate surface area is 145 Å². The van der Waals surface area contributed by atoms with Gasteiger partial charge >= 0.3 is 5.97 Å². The number of aliphatic imine (C=N–C) groups is 1. The van der Waals surface area contributed by atoms with E-state index in [1.54, 1.807) is 13.0 Å². The Kier molecular flexibility index (Phi) is 5.03. The van der Waals surface area contributed by atoms with E-state index in [9.17, 15) is 4.79 Å². The number of carbonyl (C=O) groups excluding carboxylic acids is 1. The van der Waals surface area contributed by atoms with E-state index in [1.165, 1.54) is 0 Å². The summed E-state index contributed by atoms with van der Waals surface area (Å²) in [5.41, 5.74) is 4.22. The summed E-state index contributed by atoms with van der Waals surface area (Å²) in [6.45, 7) is 2.82. The fraction of sp³-hybridized carbons (Fsp3) is 0.222. The molecule has 0 aliphatic carbocycles. The second kappa shape index (κ2) is 7.57. The second-order valence-corrected chi connectivity index (χ2v) is 5.52. The maximum Gasteiger partial charge on any atom is 0.334 e. The van der Waals surface area contributed by atoms with Crippen molar-refractivity contribution in [2.75, 3.05) is 13.2 Å². The Morgan fingerprint density at radius 3 is 3.04 bits per heavy atom. The van der Waals surface area contributed by atoms with Crippen molar-refractivity contribution in [3.8, 4) is 0 Å². The van der Waals surface area contributed by atoms with Crippen molar-refractivity contribution >= 4 is 29.1 Å². The van der Waals surface area contributed by atoms with E-state index >= 15 is 0 Å². The minimum atomic E-state index is -0.385. The van der Waals surface area contributed by atoms with Crippen molar-refractivity contribution in [2.45, 2.75) is 13.3 Å². The molecule has 0 spiro atoms. The number of ether oxygens (including phenoxy) is 1. The van der Waals surface area contributed by atoms with Gasteiger partial charge in [-0.1, -0.05) is 23.4 Å². The summed E-state index contributed by atoms with van der Waals surface area (Å²) in [6.07, 6.45) is 7.92. The van der Waals surface area contributed by atoms with Crippen LogP contribution in [0.3, 0.4) is 0 Å². The van der Waals surface area contributed by atoms with Crippen molar-refractivity contribution in [3.63, 3.8) is 0 Å². The minimum absolute atomic E-state index is 0.219. The summed E-state index contributed by atoms with van der Waals surface area (Å²) in [5, 5.41) is 10.3. The number of nitrogens with one attached hydrogen (secondary N) is 1. The molecule has 0 amide bonds. The SMILES string of the molecule is CCOC(=O)C1=Cc2ccc(C3=CC=CNC3)cc2N=C(N=NN)C1. The highest BCUT2D eigenvalue weighted by atomic mass is 16.5. The molecule has 7 nitrogen and oxygen atoms in total. The van der Waals surface area contributed by atoms with Crippen molar-refractivity contribution in [2.24, 2.45) is 21.2 Å². The Morgan fingerprint density at radius 1 is 1.44 bits per heavy atom. The Balaban J connectivity index is 2.04. The highest BCUT2D eigenvalue weighted by molar-refractivity contribution is 6.03. The molecule has 1 aromatic rings. The standard InChI is InChI=1S/C18H19N5O2/c1-2-25-18(24)15-8-13-6-5-12(14-4-3-7-20-11-14)9-16(13)21-17(10-15)22-23-19/h3-9,20H,2,10-11H2,1H3,(H2,19,21,22). The van der Waals surface area contributed by atoms with Gasteiger partial charge in [-0.2, -0.15) is 0 Å². The molecule has 2 aliphatic rings. The third-order valence-electron chi connectivity index (χ3n) is 3.84.